The smallest absolute Gasteiger partial charge is 0.416 e. The normalized spacial score (nSPS) is 11.3. The molecule has 3 aromatic rings. The van der Waals surface area contributed by atoms with Crippen molar-refractivity contribution in [1.29, 1.82) is 0 Å². The van der Waals surface area contributed by atoms with E-state index in [9.17, 15) is 18.0 Å². The van der Waals surface area contributed by atoms with E-state index in [0.29, 0.717) is 22.1 Å². The van der Waals surface area contributed by atoms with Crippen LogP contribution in [-0.4, -0.2) is 24.7 Å². The predicted molar refractivity (Wildman–Crippen MR) is 110 cm³/mol. The number of methoxy groups -OCH3 is 1. The van der Waals surface area contributed by atoms with Gasteiger partial charge in [0, 0.05) is 5.56 Å². The van der Waals surface area contributed by atoms with Crippen LogP contribution < -0.4 is 9.47 Å². The van der Waals surface area contributed by atoms with Crippen LogP contribution in [0, 0.1) is 13.8 Å². The van der Waals surface area contributed by atoms with Gasteiger partial charge in [-0.25, -0.2) is 9.78 Å². The molecular weight excluding hydrogens is 431 g/mol. The molecule has 0 bridgehead atoms. The van der Waals surface area contributed by atoms with Crippen molar-refractivity contribution in [3.63, 3.8) is 0 Å². The lowest BCUT2D eigenvalue weighted by molar-refractivity contribution is -0.143. The Bertz CT molecular complexity index is 1060. The molecule has 0 amide bonds. The number of hydrogen-bond acceptors (Lipinski definition) is 6. The van der Waals surface area contributed by atoms with Crippen LogP contribution in [0.3, 0.4) is 0 Å². The summed E-state index contributed by atoms with van der Waals surface area (Å²) in [7, 11) is 1.29. The molecule has 0 aliphatic carbocycles. The standard InChI is InChI=1S/C22H20F3NO4S/c1-13-10-17(8-9-18(13)30-12-20(27)28-3)29-11-19-14(2)26-21(31-19)15-4-6-16(7-5-15)22(23,24)25/h4-10H,11-12H2,1-3H3. The number of esters is 1. The number of ether oxygens (including phenoxy) is 3. The molecule has 0 spiro atoms. The molecule has 0 saturated heterocycles. The summed E-state index contributed by atoms with van der Waals surface area (Å²) in [4.78, 5) is 16.5. The lowest BCUT2D eigenvalue weighted by Gasteiger charge is -2.10. The summed E-state index contributed by atoms with van der Waals surface area (Å²) >= 11 is 1.37. The minimum Gasteiger partial charge on any atom is -0.488 e. The van der Waals surface area contributed by atoms with Crippen LogP contribution in [0.2, 0.25) is 0 Å². The molecule has 3 rings (SSSR count). The summed E-state index contributed by atoms with van der Waals surface area (Å²) < 4.78 is 54.0. The van der Waals surface area contributed by atoms with Crippen molar-refractivity contribution in [2.24, 2.45) is 0 Å². The molecule has 0 radical (unpaired) electrons. The number of alkyl halides is 3. The Morgan fingerprint density at radius 3 is 2.39 bits per heavy atom. The van der Waals surface area contributed by atoms with Crippen LogP contribution in [-0.2, 0) is 22.3 Å². The molecule has 2 aromatic carbocycles. The highest BCUT2D eigenvalue weighted by Crippen LogP contribution is 2.33. The van der Waals surface area contributed by atoms with Gasteiger partial charge in [0.2, 0.25) is 0 Å². The van der Waals surface area contributed by atoms with Crippen LogP contribution in [0.4, 0.5) is 13.2 Å². The summed E-state index contributed by atoms with van der Waals surface area (Å²) in [5.41, 5.74) is 1.49. The van der Waals surface area contributed by atoms with Crippen LogP contribution in [0.15, 0.2) is 42.5 Å². The molecule has 0 saturated carbocycles. The maximum atomic E-state index is 12.7. The molecule has 9 heteroatoms. The van der Waals surface area contributed by atoms with E-state index in [2.05, 4.69) is 9.72 Å². The Morgan fingerprint density at radius 1 is 1.06 bits per heavy atom. The number of aromatic nitrogens is 1. The molecule has 0 N–H and O–H groups in total. The van der Waals surface area contributed by atoms with Gasteiger partial charge in [-0.3, -0.25) is 0 Å². The van der Waals surface area contributed by atoms with Gasteiger partial charge in [0.25, 0.3) is 0 Å². The van der Waals surface area contributed by atoms with Crippen molar-refractivity contribution in [3.05, 3.63) is 64.2 Å². The third-order valence-corrected chi connectivity index (χ3v) is 5.62. The van der Waals surface area contributed by atoms with Crippen LogP contribution >= 0.6 is 11.3 Å². The third-order valence-electron chi connectivity index (χ3n) is 4.44. The van der Waals surface area contributed by atoms with Crippen molar-refractivity contribution in [2.45, 2.75) is 26.6 Å². The first-order valence-electron chi connectivity index (χ1n) is 9.24. The Balaban J connectivity index is 1.66. The predicted octanol–water partition coefficient (Wildman–Crippen LogP) is 5.58. The van der Waals surface area contributed by atoms with Crippen molar-refractivity contribution < 1.29 is 32.2 Å². The third kappa shape index (κ3) is 5.75. The van der Waals surface area contributed by atoms with Crippen molar-refractivity contribution in [1.82, 2.24) is 4.98 Å². The second-order valence-corrected chi connectivity index (χ2v) is 7.77. The van der Waals surface area contributed by atoms with E-state index in [4.69, 9.17) is 9.47 Å². The van der Waals surface area contributed by atoms with Crippen LogP contribution in [0.1, 0.15) is 21.7 Å². The number of benzene rings is 2. The summed E-state index contributed by atoms with van der Waals surface area (Å²) in [6, 6.07) is 10.2. The van der Waals surface area contributed by atoms with Crippen LogP contribution in [0.5, 0.6) is 11.5 Å². The van der Waals surface area contributed by atoms with E-state index in [-0.39, 0.29) is 13.2 Å². The number of nitrogens with zero attached hydrogens (tertiary/aromatic N) is 1. The Morgan fingerprint density at radius 2 is 1.77 bits per heavy atom. The maximum absolute atomic E-state index is 12.7. The van der Waals surface area contributed by atoms with Gasteiger partial charge in [-0.15, -0.1) is 11.3 Å². The number of rotatable bonds is 7. The second-order valence-electron chi connectivity index (χ2n) is 6.68. The molecular formula is C22H20F3NO4S. The number of carbonyl (C=O) groups is 1. The summed E-state index contributed by atoms with van der Waals surface area (Å²) in [5, 5.41) is 0.632. The number of halogens is 3. The lowest BCUT2D eigenvalue weighted by Crippen LogP contribution is -2.13. The van der Waals surface area contributed by atoms with Gasteiger partial charge in [-0.1, -0.05) is 12.1 Å². The van der Waals surface area contributed by atoms with Gasteiger partial charge in [0.1, 0.15) is 23.1 Å². The molecule has 0 fully saturated rings. The molecule has 1 heterocycles. The Kier molecular flexibility index (Phi) is 6.84. The summed E-state index contributed by atoms with van der Waals surface area (Å²) in [5.74, 6) is 0.701. The first-order chi connectivity index (χ1) is 14.7. The van der Waals surface area contributed by atoms with Gasteiger partial charge in [0.05, 0.1) is 23.2 Å². The van der Waals surface area contributed by atoms with Gasteiger partial charge in [0.15, 0.2) is 6.61 Å². The Hall–Kier alpha value is -3.07. The van der Waals surface area contributed by atoms with E-state index in [1.165, 1.54) is 30.6 Å². The van der Waals surface area contributed by atoms with Gasteiger partial charge >= 0.3 is 12.1 Å². The lowest BCUT2D eigenvalue weighted by atomic mass is 10.1. The first-order valence-corrected chi connectivity index (χ1v) is 10.1. The fraction of sp³-hybridized carbons (Fsp3) is 0.273. The van der Waals surface area contributed by atoms with Gasteiger partial charge in [-0.05, 0) is 49.7 Å². The molecule has 0 aliphatic heterocycles. The van der Waals surface area contributed by atoms with E-state index in [1.807, 2.05) is 13.8 Å². The minimum absolute atomic E-state index is 0.176. The summed E-state index contributed by atoms with van der Waals surface area (Å²) in [6.07, 6.45) is -4.37. The number of carbonyl (C=O) groups excluding carboxylic acids is 1. The van der Waals surface area contributed by atoms with Crippen LogP contribution in [0.25, 0.3) is 10.6 Å². The topological polar surface area (TPSA) is 57.7 Å². The van der Waals surface area contributed by atoms with Gasteiger partial charge < -0.3 is 14.2 Å². The second kappa shape index (κ2) is 9.38. The van der Waals surface area contributed by atoms with Crippen molar-refractivity contribution in [2.75, 3.05) is 13.7 Å². The summed E-state index contributed by atoms with van der Waals surface area (Å²) in [6.45, 7) is 3.76. The van der Waals surface area contributed by atoms with E-state index in [1.54, 1.807) is 18.2 Å². The average Bonchev–Trinajstić information content (AvgIpc) is 3.11. The largest absolute Gasteiger partial charge is 0.488 e. The zero-order chi connectivity index (χ0) is 22.6. The van der Waals surface area contributed by atoms with Crippen molar-refractivity contribution >= 4 is 17.3 Å². The van der Waals surface area contributed by atoms with E-state index in [0.717, 1.165) is 28.3 Å². The quantitative estimate of drug-likeness (QED) is 0.439. The highest BCUT2D eigenvalue weighted by molar-refractivity contribution is 7.15. The zero-order valence-corrected chi connectivity index (χ0v) is 17.9. The molecule has 0 unspecified atom stereocenters. The number of hydrogen-bond donors (Lipinski definition) is 0. The molecule has 5 nitrogen and oxygen atoms in total. The first kappa shape index (κ1) is 22.6. The SMILES string of the molecule is COC(=O)COc1ccc(OCc2sc(-c3ccc(C(F)(F)F)cc3)nc2C)cc1C. The van der Waals surface area contributed by atoms with Gasteiger partial charge in [-0.2, -0.15) is 13.2 Å². The van der Waals surface area contributed by atoms with E-state index < -0.39 is 17.7 Å². The van der Waals surface area contributed by atoms with E-state index >= 15 is 0 Å². The molecule has 0 aliphatic rings. The molecule has 164 valence electrons. The highest BCUT2D eigenvalue weighted by atomic mass is 32.1. The maximum Gasteiger partial charge on any atom is 0.416 e. The average molecular weight is 451 g/mol. The zero-order valence-electron chi connectivity index (χ0n) is 17.1. The number of aryl methyl sites for hydroxylation is 2. The number of thiazole rings is 1. The Labute approximate surface area is 181 Å². The van der Waals surface area contributed by atoms with Crippen molar-refractivity contribution in [3.8, 4) is 22.1 Å². The molecule has 1 aromatic heterocycles. The monoisotopic (exact) mass is 451 g/mol. The fourth-order valence-corrected chi connectivity index (χ4v) is 3.69. The molecule has 31 heavy (non-hydrogen) atoms. The highest BCUT2D eigenvalue weighted by Gasteiger charge is 2.30. The fourth-order valence-electron chi connectivity index (χ4n) is 2.71. The minimum atomic E-state index is -4.37. The molecule has 0 atom stereocenters.